The minimum Gasteiger partial charge on any atom is -0.476 e. The predicted molar refractivity (Wildman–Crippen MR) is 83.7 cm³/mol. The number of thioether (sulfide) groups is 1. The van der Waals surface area contributed by atoms with Gasteiger partial charge in [-0.25, -0.2) is 4.98 Å². The summed E-state index contributed by atoms with van der Waals surface area (Å²) < 4.78 is 5.90. The molecular weight excluding hydrogens is 272 g/mol. The molecule has 0 aliphatic carbocycles. The number of anilines is 1. The summed E-state index contributed by atoms with van der Waals surface area (Å²) in [5.41, 5.74) is 0. The van der Waals surface area contributed by atoms with Gasteiger partial charge < -0.3 is 15.0 Å². The van der Waals surface area contributed by atoms with E-state index in [1.54, 1.807) is 0 Å². The van der Waals surface area contributed by atoms with E-state index in [1.807, 2.05) is 12.3 Å². The van der Waals surface area contributed by atoms with Crippen LogP contribution < -0.4 is 10.1 Å². The fraction of sp³-hybridized carbons (Fsp3) is 0.714. The molecule has 20 heavy (non-hydrogen) atoms. The first kappa shape index (κ1) is 15.4. The van der Waals surface area contributed by atoms with Gasteiger partial charge in [-0.05, 0) is 39.6 Å². The summed E-state index contributed by atoms with van der Waals surface area (Å²) >= 11 is 1.53. The Balaban J connectivity index is 1.98. The third kappa shape index (κ3) is 4.24. The number of likely N-dealkylation sites (N-methyl/N-ethyl adjacent to an activating group) is 1. The predicted octanol–water partition coefficient (Wildman–Crippen LogP) is 2.49. The molecule has 2 heterocycles. The Morgan fingerprint density at radius 1 is 1.45 bits per heavy atom. The van der Waals surface area contributed by atoms with Crippen LogP contribution in [0.2, 0.25) is 0 Å². The van der Waals surface area contributed by atoms with E-state index in [-0.39, 0.29) is 0 Å². The molecule has 0 bridgehead atoms. The van der Waals surface area contributed by atoms with Crippen LogP contribution in [0, 0.1) is 0 Å². The van der Waals surface area contributed by atoms with E-state index < -0.39 is 0 Å². The van der Waals surface area contributed by atoms with E-state index in [2.05, 4.69) is 34.2 Å². The van der Waals surface area contributed by atoms with Gasteiger partial charge in [0, 0.05) is 18.7 Å². The Kier molecular flexibility index (Phi) is 5.91. The first-order chi connectivity index (χ1) is 9.72. The minimum atomic E-state index is 0.499. The Hall–Kier alpha value is -1.01. The van der Waals surface area contributed by atoms with Crippen LogP contribution in [0.4, 0.5) is 5.82 Å². The maximum absolute atomic E-state index is 5.90. The van der Waals surface area contributed by atoms with Crippen LogP contribution in [0.25, 0.3) is 0 Å². The summed E-state index contributed by atoms with van der Waals surface area (Å²) in [5.74, 6) is 1.50. The zero-order valence-electron chi connectivity index (χ0n) is 12.6. The molecule has 1 saturated heterocycles. The first-order valence-electron chi connectivity index (χ1n) is 7.23. The minimum absolute atomic E-state index is 0.499. The lowest BCUT2D eigenvalue weighted by atomic mass is 10.0. The van der Waals surface area contributed by atoms with Crippen LogP contribution in [-0.2, 0) is 0 Å². The molecule has 0 saturated carbocycles. The second kappa shape index (κ2) is 7.69. The number of ether oxygens (including phenoxy) is 1. The molecule has 1 aromatic heterocycles. The monoisotopic (exact) mass is 296 g/mol. The molecule has 6 heteroatoms. The summed E-state index contributed by atoms with van der Waals surface area (Å²) in [4.78, 5) is 11.2. The van der Waals surface area contributed by atoms with E-state index in [1.165, 1.54) is 31.0 Å². The maximum Gasteiger partial charge on any atom is 0.219 e. The third-order valence-corrected chi connectivity index (χ3v) is 4.12. The Bertz CT molecular complexity index is 430. The summed E-state index contributed by atoms with van der Waals surface area (Å²) in [6.07, 6.45) is 5.77. The molecule has 112 valence electrons. The van der Waals surface area contributed by atoms with E-state index in [0.717, 1.165) is 24.1 Å². The van der Waals surface area contributed by atoms with Crippen LogP contribution in [0.3, 0.4) is 0 Å². The molecule has 1 N–H and O–H groups in total. The van der Waals surface area contributed by atoms with E-state index in [9.17, 15) is 0 Å². The number of piperidine rings is 1. The van der Waals surface area contributed by atoms with Crippen molar-refractivity contribution in [2.45, 2.75) is 37.4 Å². The summed E-state index contributed by atoms with van der Waals surface area (Å²) in [5, 5.41) is 3.96. The third-order valence-electron chi connectivity index (χ3n) is 3.57. The van der Waals surface area contributed by atoms with Crippen molar-refractivity contribution >= 4 is 17.6 Å². The summed E-state index contributed by atoms with van der Waals surface area (Å²) in [6.45, 7) is 4.76. The zero-order chi connectivity index (χ0) is 14.4. The molecule has 1 fully saturated rings. The van der Waals surface area contributed by atoms with Gasteiger partial charge >= 0.3 is 0 Å². The molecule has 0 radical (unpaired) electrons. The number of aromatic nitrogens is 2. The van der Waals surface area contributed by atoms with E-state index in [0.29, 0.717) is 18.5 Å². The number of hydrogen-bond acceptors (Lipinski definition) is 6. The fourth-order valence-electron chi connectivity index (χ4n) is 2.38. The smallest absolute Gasteiger partial charge is 0.219 e. The number of nitrogens with one attached hydrogen (secondary N) is 1. The molecule has 2 rings (SSSR count). The molecule has 0 amide bonds. The average Bonchev–Trinajstić information content (AvgIpc) is 2.46. The normalized spacial score (nSPS) is 19.9. The zero-order valence-corrected chi connectivity index (χ0v) is 13.4. The Labute approximate surface area is 125 Å². The lowest BCUT2D eigenvalue weighted by molar-refractivity contribution is 0.122. The van der Waals surface area contributed by atoms with Crippen molar-refractivity contribution in [3.05, 3.63) is 6.07 Å². The van der Waals surface area contributed by atoms with Gasteiger partial charge in [0.05, 0.1) is 0 Å². The van der Waals surface area contributed by atoms with Crippen molar-refractivity contribution in [2.75, 3.05) is 38.3 Å². The van der Waals surface area contributed by atoms with Crippen molar-refractivity contribution in [3.8, 4) is 5.88 Å². The van der Waals surface area contributed by atoms with Crippen LogP contribution in [-0.4, -0.2) is 53.9 Å². The highest BCUT2D eigenvalue weighted by atomic mass is 32.2. The second-order valence-electron chi connectivity index (χ2n) is 5.05. The van der Waals surface area contributed by atoms with Crippen molar-refractivity contribution < 1.29 is 4.74 Å². The van der Waals surface area contributed by atoms with Gasteiger partial charge in [0.15, 0.2) is 5.16 Å². The molecular formula is C14H24N4OS. The maximum atomic E-state index is 5.90. The first-order valence-corrected chi connectivity index (χ1v) is 8.45. The summed E-state index contributed by atoms with van der Waals surface area (Å²) in [6, 6.07) is 2.38. The quantitative estimate of drug-likeness (QED) is 0.643. The molecule has 5 nitrogen and oxygen atoms in total. The summed E-state index contributed by atoms with van der Waals surface area (Å²) in [7, 11) is 2.17. The molecule has 1 atom stereocenters. The van der Waals surface area contributed by atoms with Crippen LogP contribution in [0.5, 0.6) is 5.88 Å². The van der Waals surface area contributed by atoms with Crippen LogP contribution in [0.1, 0.15) is 26.2 Å². The van der Waals surface area contributed by atoms with Gasteiger partial charge in [-0.3, -0.25) is 0 Å². The number of nitrogens with zero attached hydrogens (tertiary/aromatic N) is 3. The SMILES string of the molecule is CCNc1cc(OCC2CCCCN2C)nc(SC)n1. The van der Waals surface area contributed by atoms with Crippen molar-refractivity contribution in [3.63, 3.8) is 0 Å². The number of rotatable bonds is 6. The van der Waals surface area contributed by atoms with Crippen LogP contribution in [0.15, 0.2) is 11.2 Å². The van der Waals surface area contributed by atoms with Crippen molar-refractivity contribution in [1.82, 2.24) is 14.9 Å². The van der Waals surface area contributed by atoms with Crippen molar-refractivity contribution in [2.24, 2.45) is 0 Å². The van der Waals surface area contributed by atoms with Gasteiger partial charge in [-0.2, -0.15) is 4.98 Å². The van der Waals surface area contributed by atoms with Crippen molar-refractivity contribution in [1.29, 1.82) is 0 Å². The van der Waals surface area contributed by atoms with Gasteiger partial charge in [0.2, 0.25) is 5.88 Å². The van der Waals surface area contributed by atoms with Gasteiger partial charge in [-0.1, -0.05) is 18.2 Å². The number of hydrogen-bond donors (Lipinski definition) is 1. The molecule has 0 aromatic carbocycles. The van der Waals surface area contributed by atoms with Crippen LogP contribution >= 0.6 is 11.8 Å². The molecule has 1 aliphatic rings. The van der Waals surface area contributed by atoms with Gasteiger partial charge in [0.1, 0.15) is 12.4 Å². The average molecular weight is 296 g/mol. The molecule has 1 aliphatic heterocycles. The lowest BCUT2D eigenvalue weighted by Gasteiger charge is -2.31. The molecule has 1 aromatic rings. The molecule has 1 unspecified atom stereocenters. The van der Waals surface area contributed by atoms with Gasteiger partial charge in [0.25, 0.3) is 0 Å². The fourth-order valence-corrected chi connectivity index (χ4v) is 2.75. The van der Waals surface area contributed by atoms with E-state index in [4.69, 9.17) is 4.74 Å². The highest BCUT2D eigenvalue weighted by Gasteiger charge is 2.19. The Morgan fingerprint density at radius 2 is 2.30 bits per heavy atom. The van der Waals surface area contributed by atoms with E-state index >= 15 is 0 Å². The lowest BCUT2D eigenvalue weighted by Crippen LogP contribution is -2.40. The standard InChI is InChI=1S/C14H24N4OS/c1-4-15-12-9-13(17-14(16-12)20-3)19-10-11-7-5-6-8-18(11)2/h9,11H,4-8,10H2,1-3H3,(H,15,16,17). The highest BCUT2D eigenvalue weighted by Crippen LogP contribution is 2.21. The Morgan fingerprint density at radius 3 is 3.00 bits per heavy atom. The highest BCUT2D eigenvalue weighted by molar-refractivity contribution is 7.98. The largest absolute Gasteiger partial charge is 0.476 e. The second-order valence-corrected chi connectivity index (χ2v) is 5.82. The molecule has 0 spiro atoms. The number of likely N-dealkylation sites (tertiary alicyclic amines) is 1. The topological polar surface area (TPSA) is 50.3 Å². The van der Waals surface area contributed by atoms with Gasteiger partial charge in [-0.15, -0.1) is 0 Å².